The zero-order valence-corrected chi connectivity index (χ0v) is 12.4. The highest BCUT2D eigenvalue weighted by Crippen LogP contribution is 2.27. The number of nitriles is 1. The lowest BCUT2D eigenvalue weighted by atomic mass is 9.95. The van der Waals surface area contributed by atoms with Gasteiger partial charge in [-0.2, -0.15) is 5.26 Å². The molecule has 0 unspecified atom stereocenters. The molecule has 0 radical (unpaired) electrons. The highest BCUT2D eigenvalue weighted by Gasteiger charge is 2.14. The average molecular weight is 298 g/mol. The van der Waals surface area contributed by atoms with Gasteiger partial charge in [-0.1, -0.05) is 54.6 Å². The molecule has 1 N–H and O–H groups in total. The van der Waals surface area contributed by atoms with Crippen molar-refractivity contribution in [3.05, 3.63) is 90.0 Å². The molecule has 0 fully saturated rings. The van der Waals surface area contributed by atoms with Crippen molar-refractivity contribution in [2.45, 2.75) is 0 Å². The molecule has 3 aromatic rings. The van der Waals surface area contributed by atoms with Gasteiger partial charge in [0.05, 0.1) is 11.6 Å². The van der Waals surface area contributed by atoms with Gasteiger partial charge in [0.1, 0.15) is 0 Å². The van der Waals surface area contributed by atoms with Crippen LogP contribution in [0.2, 0.25) is 0 Å². The maximum absolute atomic E-state index is 12.6. The minimum Gasteiger partial charge on any atom is -0.322 e. The minimum atomic E-state index is -0.195. The molecule has 0 aliphatic heterocycles. The van der Waals surface area contributed by atoms with Crippen molar-refractivity contribution < 1.29 is 4.79 Å². The van der Waals surface area contributed by atoms with Gasteiger partial charge in [0.2, 0.25) is 0 Å². The van der Waals surface area contributed by atoms with E-state index in [0.717, 1.165) is 16.8 Å². The molecule has 0 atom stereocenters. The maximum atomic E-state index is 12.6. The highest BCUT2D eigenvalue weighted by molar-refractivity contribution is 6.09. The third-order valence-corrected chi connectivity index (χ3v) is 3.54. The summed E-state index contributed by atoms with van der Waals surface area (Å²) in [5, 5.41) is 12.2. The molecule has 3 aromatic carbocycles. The Bertz CT molecular complexity index is 879. The van der Waals surface area contributed by atoms with Gasteiger partial charge >= 0.3 is 0 Å². The summed E-state index contributed by atoms with van der Waals surface area (Å²) in [6, 6.07) is 26.1. The van der Waals surface area contributed by atoms with Gasteiger partial charge in [-0.15, -0.1) is 0 Å². The molecule has 3 rings (SSSR count). The number of benzene rings is 3. The van der Waals surface area contributed by atoms with Gasteiger partial charge in [0, 0.05) is 16.8 Å². The number of anilines is 1. The second-order valence-electron chi connectivity index (χ2n) is 5.02. The van der Waals surface area contributed by atoms with E-state index >= 15 is 0 Å². The molecule has 110 valence electrons. The molecule has 3 nitrogen and oxygen atoms in total. The number of nitrogens with one attached hydrogen (secondary N) is 1. The third-order valence-electron chi connectivity index (χ3n) is 3.54. The highest BCUT2D eigenvalue weighted by atomic mass is 16.1. The first kappa shape index (κ1) is 14.6. The summed E-state index contributed by atoms with van der Waals surface area (Å²) >= 11 is 0. The van der Waals surface area contributed by atoms with Crippen molar-refractivity contribution in [1.82, 2.24) is 0 Å². The molecule has 0 heterocycles. The fourth-order valence-electron chi connectivity index (χ4n) is 2.45. The predicted molar refractivity (Wildman–Crippen MR) is 91.0 cm³/mol. The van der Waals surface area contributed by atoms with Crippen LogP contribution in [0, 0.1) is 11.3 Å². The summed E-state index contributed by atoms with van der Waals surface area (Å²) in [6.45, 7) is 0. The Balaban J connectivity index is 2.02. The van der Waals surface area contributed by atoms with E-state index in [9.17, 15) is 10.1 Å². The molecular weight excluding hydrogens is 284 g/mol. The summed E-state index contributed by atoms with van der Waals surface area (Å²) in [5.41, 5.74) is 3.33. The number of nitrogens with zero attached hydrogens (tertiary/aromatic N) is 1. The number of carbonyl (C=O) groups is 1. The Morgan fingerprint density at radius 3 is 2.13 bits per heavy atom. The lowest BCUT2D eigenvalue weighted by Crippen LogP contribution is -2.13. The molecule has 0 aliphatic rings. The zero-order chi connectivity index (χ0) is 16.1. The Kier molecular flexibility index (Phi) is 4.17. The van der Waals surface area contributed by atoms with Crippen molar-refractivity contribution in [3.63, 3.8) is 0 Å². The number of hydrogen-bond acceptors (Lipinski definition) is 2. The zero-order valence-electron chi connectivity index (χ0n) is 12.4. The van der Waals surface area contributed by atoms with Crippen LogP contribution in [-0.2, 0) is 0 Å². The Morgan fingerprint density at radius 2 is 1.39 bits per heavy atom. The Morgan fingerprint density at radius 1 is 0.783 bits per heavy atom. The maximum Gasteiger partial charge on any atom is 0.256 e. The SMILES string of the molecule is N#Cc1ccccc1-c1ccccc1C(=O)Nc1ccccc1. The van der Waals surface area contributed by atoms with Crippen molar-refractivity contribution in [2.24, 2.45) is 0 Å². The van der Waals surface area contributed by atoms with Crippen LogP contribution in [0.3, 0.4) is 0 Å². The van der Waals surface area contributed by atoms with Crippen LogP contribution < -0.4 is 5.32 Å². The predicted octanol–water partition coefficient (Wildman–Crippen LogP) is 4.48. The van der Waals surface area contributed by atoms with E-state index in [1.165, 1.54) is 0 Å². The Hall–Kier alpha value is -3.38. The molecule has 0 saturated heterocycles. The van der Waals surface area contributed by atoms with Gasteiger partial charge in [-0.05, 0) is 29.8 Å². The van der Waals surface area contributed by atoms with Crippen LogP contribution in [0.1, 0.15) is 15.9 Å². The second kappa shape index (κ2) is 6.59. The Labute approximate surface area is 134 Å². The number of amides is 1. The van der Waals surface area contributed by atoms with E-state index in [2.05, 4.69) is 11.4 Å². The summed E-state index contributed by atoms with van der Waals surface area (Å²) in [7, 11) is 0. The molecule has 3 heteroatoms. The van der Waals surface area contributed by atoms with Crippen molar-refractivity contribution in [2.75, 3.05) is 5.32 Å². The van der Waals surface area contributed by atoms with Crippen LogP contribution in [0.25, 0.3) is 11.1 Å². The van der Waals surface area contributed by atoms with E-state index < -0.39 is 0 Å². The lowest BCUT2D eigenvalue weighted by molar-refractivity contribution is 0.102. The molecule has 0 spiro atoms. The molecule has 0 aromatic heterocycles. The topological polar surface area (TPSA) is 52.9 Å². The molecular formula is C20H14N2O. The number of carbonyl (C=O) groups excluding carboxylic acids is 1. The van der Waals surface area contributed by atoms with Crippen LogP contribution >= 0.6 is 0 Å². The van der Waals surface area contributed by atoms with E-state index in [1.807, 2.05) is 66.7 Å². The first-order valence-corrected chi connectivity index (χ1v) is 7.24. The van der Waals surface area contributed by atoms with Crippen LogP contribution in [0.15, 0.2) is 78.9 Å². The van der Waals surface area contributed by atoms with E-state index in [1.54, 1.807) is 12.1 Å². The fraction of sp³-hybridized carbons (Fsp3) is 0. The second-order valence-corrected chi connectivity index (χ2v) is 5.02. The summed E-state index contributed by atoms with van der Waals surface area (Å²) in [6.07, 6.45) is 0. The number of para-hydroxylation sites is 1. The van der Waals surface area contributed by atoms with E-state index in [-0.39, 0.29) is 5.91 Å². The van der Waals surface area contributed by atoms with Crippen LogP contribution in [0.5, 0.6) is 0 Å². The lowest BCUT2D eigenvalue weighted by Gasteiger charge is -2.11. The van der Waals surface area contributed by atoms with Crippen molar-refractivity contribution in [3.8, 4) is 17.2 Å². The summed E-state index contributed by atoms with van der Waals surface area (Å²) in [4.78, 5) is 12.6. The van der Waals surface area contributed by atoms with Gasteiger partial charge in [-0.25, -0.2) is 0 Å². The van der Waals surface area contributed by atoms with Crippen LogP contribution in [-0.4, -0.2) is 5.91 Å². The number of hydrogen-bond donors (Lipinski definition) is 1. The minimum absolute atomic E-state index is 0.195. The van der Waals surface area contributed by atoms with Crippen molar-refractivity contribution in [1.29, 1.82) is 5.26 Å². The van der Waals surface area contributed by atoms with E-state index in [0.29, 0.717) is 11.1 Å². The van der Waals surface area contributed by atoms with Gasteiger partial charge < -0.3 is 5.32 Å². The van der Waals surface area contributed by atoms with Gasteiger partial charge in [-0.3, -0.25) is 4.79 Å². The fourth-order valence-corrected chi connectivity index (χ4v) is 2.45. The summed E-state index contributed by atoms with van der Waals surface area (Å²) in [5.74, 6) is -0.195. The standard InChI is InChI=1S/C20H14N2O/c21-14-15-8-4-5-11-17(15)18-12-6-7-13-19(18)20(23)22-16-9-2-1-3-10-16/h1-13H,(H,22,23). The smallest absolute Gasteiger partial charge is 0.256 e. The monoisotopic (exact) mass is 298 g/mol. The molecule has 1 amide bonds. The first-order valence-electron chi connectivity index (χ1n) is 7.24. The van der Waals surface area contributed by atoms with Crippen molar-refractivity contribution >= 4 is 11.6 Å². The van der Waals surface area contributed by atoms with Gasteiger partial charge in [0.15, 0.2) is 0 Å². The third kappa shape index (κ3) is 3.12. The molecule has 0 aliphatic carbocycles. The molecule has 23 heavy (non-hydrogen) atoms. The summed E-state index contributed by atoms with van der Waals surface area (Å²) < 4.78 is 0. The first-order chi connectivity index (χ1) is 11.3. The average Bonchev–Trinajstić information content (AvgIpc) is 2.62. The largest absolute Gasteiger partial charge is 0.322 e. The van der Waals surface area contributed by atoms with E-state index in [4.69, 9.17) is 0 Å². The number of rotatable bonds is 3. The van der Waals surface area contributed by atoms with Crippen LogP contribution in [0.4, 0.5) is 5.69 Å². The molecule has 0 bridgehead atoms. The quantitative estimate of drug-likeness (QED) is 0.775. The molecule has 0 saturated carbocycles. The normalized spacial score (nSPS) is 9.87. The van der Waals surface area contributed by atoms with Gasteiger partial charge in [0.25, 0.3) is 5.91 Å².